The molecule has 0 spiro atoms. The largest absolute Gasteiger partial charge is 0.356 e. The summed E-state index contributed by atoms with van der Waals surface area (Å²) in [6.45, 7) is 3.08. The number of thioether (sulfide) groups is 1. The highest BCUT2D eigenvalue weighted by Gasteiger charge is 2.17. The van der Waals surface area contributed by atoms with E-state index in [1.807, 2.05) is 18.8 Å². The monoisotopic (exact) mass is 442 g/mol. The first-order valence-corrected chi connectivity index (χ1v) is 9.81. The molecule has 1 fully saturated rings. The van der Waals surface area contributed by atoms with Gasteiger partial charge in [0.2, 0.25) is 0 Å². The molecule has 0 bridgehead atoms. The van der Waals surface area contributed by atoms with Crippen molar-refractivity contribution in [3.05, 3.63) is 0 Å². The number of hydrogen-bond acceptors (Lipinski definition) is 3. The molecule has 4 nitrogen and oxygen atoms in total. The van der Waals surface area contributed by atoms with Crippen LogP contribution in [0.5, 0.6) is 0 Å². The van der Waals surface area contributed by atoms with Crippen LogP contribution in [-0.2, 0) is 0 Å². The Morgan fingerprint density at radius 3 is 2.45 bits per heavy atom. The number of unbranched alkanes of at least 4 members (excludes halogenated alkanes) is 1. The van der Waals surface area contributed by atoms with Gasteiger partial charge in [-0.15, -0.1) is 24.0 Å². The van der Waals surface area contributed by atoms with Gasteiger partial charge in [0.05, 0.1) is 0 Å². The van der Waals surface area contributed by atoms with Crippen molar-refractivity contribution >= 4 is 41.7 Å². The van der Waals surface area contributed by atoms with Gasteiger partial charge in [-0.1, -0.05) is 19.3 Å². The summed E-state index contributed by atoms with van der Waals surface area (Å²) >= 11 is 1.92. The number of aliphatic imine (C=N–C) groups is 1. The number of hydrogen-bond donors (Lipinski definition) is 2. The lowest BCUT2D eigenvalue weighted by Crippen LogP contribution is -2.43. The Bertz CT molecular complexity index is 283. The van der Waals surface area contributed by atoms with Crippen molar-refractivity contribution in [2.75, 3.05) is 45.7 Å². The van der Waals surface area contributed by atoms with Crippen LogP contribution in [0, 0.1) is 0 Å². The van der Waals surface area contributed by atoms with Gasteiger partial charge in [0.15, 0.2) is 5.96 Å². The first-order valence-electron chi connectivity index (χ1n) is 8.41. The fourth-order valence-corrected chi connectivity index (χ4v) is 3.35. The molecule has 0 unspecified atom stereocenters. The van der Waals surface area contributed by atoms with E-state index in [4.69, 9.17) is 0 Å². The Morgan fingerprint density at radius 1 is 1.14 bits per heavy atom. The first-order chi connectivity index (χ1) is 10.3. The van der Waals surface area contributed by atoms with E-state index in [0.717, 1.165) is 31.6 Å². The molecule has 0 radical (unpaired) electrons. The second-order valence-electron chi connectivity index (χ2n) is 5.90. The van der Waals surface area contributed by atoms with Crippen molar-refractivity contribution < 1.29 is 0 Å². The van der Waals surface area contributed by atoms with E-state index >= 15 is 0 Å². The van der Waals surface area contributed by atoms with E-state index in [9.17, 15) is 0 Å². The van der Waals surface area contributed by atoms with E-state index in [1.54, 1.807) is 0 Å². The predicted molar refractivity (Wildman–Crippen MR) is 112 cm³/mol. The summed E-state index contributed by atoms with van der Waals surface area (Å²) in [5.74, 6) is 2.19. The van der Waals surface area contributed by atoms with Crippen LogP contribution < -0.4 is 10.6 Å². The maximum atomic E-state index is 4.29. The zero-order valence-corrected chi connectivity index (χ0v) is 17.7. The van der Waals surface area contributed by atoms with Gasteiger partial charge < -0.3 is 15.5 Å². The Morgan fingerprint density at radius 2 is 1.82 bits per heavy atom. The van der Waals surface area contributed by atoms with E-state index in [0.29, 0.717) is 0 Å². The first kappa shape index (κ1) is 22.3. The molecule has 22 heavy (non-hydrogen) atoms. The molecule has 132 valence electrons. The number of nitrogens with one attached hydrogen (secondary N) is 2. The molecule has 1 saturated carbocycles. The van der Waals surface area contributed by atoms with Gasteiger partial charge in [-0.3, -0.25) is 4.99 Å². The molecule has 0 aromatic carbocycles. The average molecular weight is 442 g/mol. The minimum absolute atomic E-state index is 0. The van der Waals surface area contributed by atoms with Gasteiger partial charge in [-0.25, -0.2) is 0 Å². The van der Waals surface area contributed by atoms with Gasteiger partial charge in [0.1, 0.15) is 0 Å². The molecule has 0 aromatic rings. The third kappa shape index (κ3) is 10.2. The van der Waals surface area contributed by atoms with Gasteiger partial charge in [0.25, 0.3) is 0 Å². The van der Waals surface area contributed by atoms with Gasteiger partial charge in [-0.2, -0.15) is 11.8 Å². The van der Waals surface area contributed by atoms with Gasteiger partial charge >= 0.3 is 0 Å². The standard InChI is InChI=1S/C16H34N4S.HI/c1-17-16(18-11-7-8-14-21-3)19-12-13-20(2)15-9-5-4-6-10-15;/h15H,4-14H2,1-3H3,(H2,17,18,19);1H. The fourth-order valence-electron chi connectivity index (χ4n) is 2.85. The summed E-state index contributed by atoms with van der Waals surface area (Å²) in [5.41, 5.74) is 0. The van der Waals surface area contributed by atoms with E-state index < -0.39 is 0 Å². The maximum absolute atomic E-state index is 4.29. The minimum atomic E-state index is 0. The Hall–Kier alpha value is 0.310. The van der Waals surface area contributed by atoms with Crippen molar-refractivity contribution in [2.45, 2.75) is 51.0 Å². The smallest absolute Gasteiger partial charge is 0.191 e. The molecule has 2 N–H and O–H groups in total. The molecule has 0 amide bonds. The van der Waals surface area contributed by atoms with Crippen LogP contribution in [0.15, 0.2) is 4.99 Å². The number of rotatable bonds is 9. The number of likely N-dealkylation sites (N-methyl/N-ethyl adjacent to an activating group) is 1. The highest BCUT2D eigenvalue weighted by atomic mass is 127. The lowest BCUT2D eigenvalue weighted by molar-refractivity contribution is 0.194. The number of halogens is 1. The van der Waals surface area contributed by atoms with Gasteiger partial charge in [-0.05, 0) is 44.7 Å². The summed E-state index contributed by atoms with van der Waals surface area (Å²) in [7, 11) is 4.11. The molecular formula is C16H35IN4S. The third-order valence-corrected chi connectivity index (χ3v) is 4.94. The second kappa shape index (κ2) is 14.9. The van der Waals surface area contributed by atoms with Crippen LogP contribution >= 0.6 is 35.7 Å². The van der Waals surface area contributed by atoms with E-state index in [2.05, 4.69) is 33.8 Å². The van der Waals surface area contributed by atoms with Crippen molar-refractivity contribution in [1.82, 2.24) is 15.5 Å². The highest BCUT2D eigenvalue weighted by molar-refractivity contribution is 14.0. The minimum Gasteiger partial charge on any atom is -0.356 e. The SMILES string of the molecule is CN=C(NCCCCSC)NCCN(C)C1CCCCC1.I. The number of guanidine groups is 1. The Labute approximate surface area is 158 Å². The lowest BCUT2D eigenvalue weighted by Gasteiger charge is -2.31. The molecule has 6 heteroatoms. The molecule has 1 rings (SSSR count). The molecule has 1 aliphatic rings. The zero-order chi connectivity index (χ0) is 15.3. The lowest BCUT2D eigenvalue weighted by atomic mass is 9.94. The molecule has 0 aromatic heterocycles. The topological polar surface area (TPSA) is 39.7 Å². The van der Waals surface area contributed by atoms with Crippen LogP contribution in [0.25, 0.3) is 0 Å². The van der Waals surface area contributed by atoms with Crippen LogP contribution in [0.3, 0.4) is 0 Å². The molecule has 0 saturated heterocycles. The third-order valence-electron chi connectivity index (χ3n) is 4.25. The average Bonchev–Trinajstić information content (AvgIpc) is 2.53. The van der Waals surface area contributed by atoms with Crippen molar-refractivity contribution in [3.63, 3.8) is 0 Å². The maximum Gasteiger partial charge on any atom is 0.191 e. The molecule has 1 aliphatic carbocycles. The Balaban J connectivity index is 0.00000441. The van der Waals surface area contributed by atoms with Crippen LogP contribution in [0.1, 0.15) is 44.9 Å². The van der Waals surface area contributed by atoms with Gasteiger partial charge in [0, 0.05) is 32.7 Å². The van der Waals surface area contributed by atoms with E-state index in [-0.39, 0.29) is 24.0 Å². The molecule has 0 aliphatic heterocycles. The van der Waals surface area contributed by atoms with Crippen molar-refractivity contribution in [1.29, 1.82) is 0 Å². The normalized spacial score (nSPS) is 16.5. The van der Waals surface area contributed by atoms with Crippen LogP contribution in [-0.4, -0.2) is 62.6 Å². The summed E-state index contributed by atoms with van der Waals surface area (Å²) in [6, 6.07) is 0.794. The van der Waals surface area contributed by atoms with Crippen LogP contribution in [0.2, 0.25) is 0 Å². The summed E-state index contributed by atoms with van der Waals surface area (Å²) in [5, 5.41) is 6.82. The predicted octanol–water partition coefficient (Wildman–Crippen LogP) is 3.18. The summed E-state index contributed by atoms with van der Waals surface area (Å²) < 4.78 is 0. The van der Waals surface area contributed by atoms with E-state index in [1.165, 1.54) is 50.7 Å². The number of nitrogens with zero attached hydrogens (tertiary/aromatic N) is 2. The zero-order valence-electron chi connectivity index (χ0n) is 14.6. The highest BCUT2D eigenvalue weighted by Crippen LogP contribution is 2.21. The Kier molecular flexibility index (Phi) is 15.1. The van der Waals surface area contributed by atoms with Crippen molar-refractivity contribution in [2.24, 2.45) is 4.99 Å². The summed E-state index contributed by atoms with van der Waals surface area (Å²) in [4.78, 5) is 6.80. The molecule has 0 atom stereocenters. The van der Waals surface area contributed by atoms with Crippen LogP contribution in [0.4, 0.5) is 0 Å². The van der Waals surface area contributed by atoms with Crippen molar-refractivity contribution in [3.8, 4) is 0 Å². The fraction of sp³-hybridized carbons (Fsp3) is 0.938. The molecule has 0 heterocycles. The quantitative estimate of drug-likeness (QED) is 0.249. The molecular weight excluding hydrogens is 407 g/mol. The second-order valence-corrected chi connectivity index (χ2v) is 6.88. The summed E-state index contributed by atoms with van der Waals surface area (Å²) in [6.07, 6.45) is 11.6.